The van der Waals surface area contributed by atoms with Crippen molar-refractivity contribution < 1.29 is 14.6 Å². The predicted molar refractivity (Wildman–Crippen MR) is 150 cm³/mol. The van der Waals surface area contributed by atoms with Crippen molar-refractivity contribution in [2.45, 2.75) is 64.4 Å². The van der Waals surface area contributed by atoms with Crippen molar-refractivity contribution in [1.82, 2.24) is 25.7 Å². The zero-order valence-electron chi connectivity index (χ0n) is 22.9. The first-order chi connectivity index (χ1) is 18.9. The fourth-order valence-electron chi connectivity index (χ4n) is 6.30. The third kappa shape index (κ3) is 5.01. The van der Waals surface area contributed by atoms with Crippen LogP contribution in [0.2, 0.25) is 0 Å². The van der Waals surface area contributed by atoms with Gasteiger partial charge in [0.25, 0.3) is 0 Å². The minimum atomic E-state index is -0.950. The zero-order valence-corrected chi connectivity index (χ0v) is 22.9. The van der Waals surface area contributed by atoms with Gasteiger partial charge in [-0.15, -0.1) is 5.53 Å². The summed E-state index contributed by atoms with van der Waals surface area (Å²) < 4.78 is 8.33. The first-order valence-corrected chi connectivity index (χ1v) is 14.0. The van der Waals surface area contributed by atoms with E-state index in [0.717, 1.165) is 45.9 Å². The van der Waals surface area contributed by atoms with E-state index < -0.39 is 5.97 Å². The van der Waals surface area contributed by atoms with Crippen molar-refractivity contribution in [3.63, 3.8) is 0 Å². The summed E-state index contributed by atoms with van der Waals surface area (Å²) in [6, 6.07) is 14.4. The molecular formula is C31H37N5O3. The molecule has 8 nitrogen and oxygen atoms in total. The maximum atomic E-state index is 12.1. The van der Waals surface area contributed by atoms with E-state index in [0.29, 0.717) is 5.92 Å². The lowest BCUT2D eigenvalue weighted by Gasteiger charge is -2.29. The van der Waals surface area contributed by atoms with Crippen molar-refractivity contribution in [3.05, 3.63) is 77.4 Å². The summed E-state index contributed by atoms with van der Waals surface area (Å²) in [4.78, 5) is 12.1. The summed E-state index contributed by atoms with van der Waals surface area (Å²) in [7, 11) is 1.93. The minimum Gasteiger partial charge on any atom is -0.490 e. The van der Waals surface area contributed by atoms with Gasteiger partial charge in [0.05, 0.1) is 23.7 Å². The molecule has 8 heteroatoms. The Morgan fingerprint density at radius 3 is 2.67 bits per heavy atom. The SMILES string of the molecule is Cc1c(O[C@@H](C)C2CCCCC2)cccc1-c1cccc(-n2ncc(C(=O)O)c2[C@H]2C[C@@H]2C2=CN(C)NN2)c1. The van der Waals surface area contributed by atoms with Crippen molar-refractivity contribution in [2.75, 3.05) is 7.05 Å². The molecule has 0 radical (unpaired) electrons. The molecule has 2 heterocycles. The number of carboxylic acids is 1. The third-order valence-electron chi connectivity index (χ3n) is 8.60. The molecule has 6 rings (SSSR count). The quantitative estimate of drug-likeness (QED) is 0.341. The van der Waals surface area contributed by atoms with Gasteiger partial charge in [0.15, 0.2) is 0 Å². The highest BCUT2D eigenvalue weighted by Crippen LogP contribution is 2.52. The van der Waals surface area contributed by atoms with Gasteiger partial charge in [0.2, 0.25) is 0 Å². The predicted octanol–water partition coefficient (Wildman–Crippen LogP) is 5.79. The minimum absolute atomic E-state index is 0.0778. The Morgan fingerprint density at radius 2 is 1.92 bits per heavy atom. The van der Waals surface area contributed by atoms with Gasteiger partial charge in [-0.25, -0.2) is 9.48 Å². The summed E-state index contributed by atoms with van der Waals surface area (Å²) >= 11 is 0. The molecule has 2 saturated carbocycles. The van der Waals surface area contributed by atoms with Crippen LogP contribution in [0.15, 0.2) is 60.6 Å². The number of benzene rings is 2. The maximum absolute atomic E-state index is 12.1. The normalized spacial score (nSPS) is 21.8. The lowest BCUT2D eigenvalue weighted by atomic mass is 9.86. The van der Waals surface area contributed by atoms with E-state index in [9.17, 15) is 9.90 Å². The van der Waals surface area contributed by atoms with Crippen LogP contribution in [-0.2, 0) is 0 Å². The summed E-state index contributed by atoms with van der Waals surface area (Å²) in [6.45, 7) is 4.33. The number of aromatic nitrogens is 2. The van der Waals surface area contributed by atoms with Crippen molar-refractivity contribution in [2.24, 2.45) is 11.8 Å². The number of allylic oxidation sites excluding steroid dienone is 1. The van der Waals surface area contributed by atoms with Gasteiger partial charge in [0, 0.05) is 30.8 Å². The molecule has 3 aromatic rings. The first-order valence-electron chi connectivity index (χ1n) is 14.0. The van der Waals surface area contributed by atoms with E-state index >= 15 is 0 Å². The van der Waals surface area contributed by atoms with Crippen LogP contribution < -0.4 is 15.7 Å². The molecule has 0 unspecified atom stereocenters. The Kier molecular flexibility index (Phi) is 6.81. The Balaban J connectivity index is 1.30. The molecule has 204 valence electrons. The average molecular weight is 528 g/mol. The molecule has 1 aromatic heterocycles. The van der Waals surface area contributed by atoms with E-state index in [1.165, 1.54) is 38.3 Å². The number of aromatic carboxylic acids is 1. The molecule has 39 heavy (non-hydrogen) atoms. The van der Waals surface area contributed by atoms with Crippen LogP contribution in [0.5, 0.6) is 5.75 Å². The number of nitrogens with zero attached hydrogens (tertiary/aromatic N) is 3. The Hall–Kier alpha value is -3.78. The second kappa shape index (κ2) is 10.4. The number of ether oxygens (including phenoxy) is 1. The van der Waals surface area contributed by atoms with Crippen LogP contribution in [0.1, 0.15) is 73.0 Å². The van der Waals surface area contributed by atoms with Gasteiger partial charge in [-0.1, -0.05) is 43.5 Å². The molecule has 2 aliphatic carbocycles. The van der Waals surface area contributed by atoms with E-state index in [-0.39, 0.29) is 23.5 Å². The molecule has 3 N–H and O–H groups in total. The molecule has 2 aromatic carbocycles. The summed E-state index contributed by atoms with van der Waals surface area (Å²) in [5.41, 5.74) is 12.4. The molecule has 3 aliphatic rings. The molecule has 0 spiro atoms. The highest BCUT2D eigenvalue weighted by molar-refractivity contribution is 5.89. The summed E-state index contributed by atoms with van der Waals surface area (Å²) in [5, 5.41) is 16.4. The monoisotopic (exact) mass is 527 g/mol. The lowest BCUT2D eigenvalue weighted by Crippen LogP contribution is -2.33. The van der Waals surface area contributed by atoms with Gasteiger partial charge in [-0.3, -0.25) is 5.01 Å². The number of carboxylic acid groups (broad SMARTS) is 1. The number of carbonyl (C=O) groups is 1. The summed E-state index contributed by atoms with van der Waals surface area (Å²) in [6.07, 6.45) is 11.0. The standard InChI is InChI=1S/C31H37N5O3/c1-19-24(13-8-14-29(19)39-20(2)21-9-5-4-6-10-21)22-11-7-12-23(15-22)36-30(27(17-32-36)31(37)38)26-16-25(26)28-18-35(3)34-33-28/h7-8,11-15,17-18,20-21,25-26,33-34H,4-6,9-10,16H2,1-3H3,(H,37,38)/t20-,25-,26-/m0/s1. The molecule has 0 bridgehead atoms. The van der Waals surface area contributed by atoms with Crippen molar-refractivity contribution in [3.8, 4) is 22.6 Å². The average Bonchev–Trinajstić information content (AvgIpc) is 3.39. The number of hydrogen-bond donors (Lipinski definition) is 3. The number of hydrogen-bond acceptors (Lipinski definition) is 6. The largest absolute Gasteiger partial charge is 0.490 e. The van der Waals surface area contributed by atoms with E-state index in [2.05, 4.69) is 60.2 Å². The first kappa shape index (κ1) is 25.5. The van der Waals surface area contributed by atoms with E-state index in [1.807, 2.05) is 35.1 Å². The topological polar surface area (TPSA) is 91.7 Å². The number of rotatable bonds is 8. The van der Waals surface area contributed by atoms with Gasteiger partial charge in [0.1, 0.15) is 11.3 Å². The second-order valence-electron chi connectivity index (χ2n) is 11.2. The van der Waals surface area contributed by atoms with Crippen LogP contribution in [-0.4, -0.2) is 39.0 Å². The Labute approximate surface area is 229 Å². The number of nitrogens with one attached hydrogen (secondary N) is 2. The molecule has 1 aliphatic heterocycles. The van der Waals surface area contributed by atoms with Crippen LogP contribution in [0, 0.1) is 18.8 Å². The van der Waals surface area contributed by atoms with Crippen molar-refractivity contribution >= 4 is 5.97 Å². The lowest BCUT2D eigenvalue weighted by molar-refractivity contribution is 0.0695. The van der Waals surface area contributed by atoms with Crippen LogP contribution in [0.25, 0.3) is 16.8 Å². The highest BCUT2D eigenvalue weighted by atomic mass is 16.5. The Bertz CT molecular complexity index is 1410. The van der Waals surface area contributed by atoms with E-state index in [4.69, 9.17) is 4.74 Å². The maximum Gasteiger partial charge on any atom is 0.339 e. The molecular weight excluding hydrogens is 490 g/mol. The van der Waals surface area contributed by atoms with Crippen LogP contribution in [0.3, 0.4) is 0 Å². The fourth-order valence-corrected chi connectivity index (χ4v) is 6.30. The number of hydrazine groups is 2. The molecule has 0 amide bonds. The van der Waals surface area contributed by atoms with Gasteiger partial charge in [-0.05, 0) is 73.9 Å². The third-order valence-corrected chi connectivity index (χ3v) is 8.60. The van der Waals surface area contributed by atoms with Crippen molar-refractivity contribution in [1.29, 1.82) is 0 Å². The zero-order chi connectivity index (χ0) is 27.1. The highest BCUT2D eigenvalue weighted by Gasteiger charge is 2.46. The second-order valence-corrected chi connectivity index (χ2v) is 11.2. The van der Waals surface area contributed by atoms with E-state index in [1.54, 1.807) is 0 Å². The molecule has 2 fully saturated rings. The molecule has 3 atom stereocenters. The van der Waals surface area contributed by atoms with Crippen LogP contribution in [0.4, 0.5) is 0 Å². The van der Waals surface area contributed by atoms with Gasteiger partial charge >= 0.3 is 5.97 Å². The fraction of sp³-hybridized carbons (Fsp3) is 0.419. The summed E-state index contributed by atoms with van der Waals surface area (Å²) in [5.74, 6) is 0.898. The van der Waals surface area contributed by atoms with Gasteiger partial charge < -0.3 is 15.3 Å². The van der Waals surface area contributed by atoms with Gasteiger partial charge in [-0.2, -0.15) is 5.10 Å². The molecule has 0 saturated heterocycles. The smallest absolute Gasteiger partial charge is 0.339 e. The Morgan fingerprint density at radius 1 is 1.13 bits per heavy atom. The van der Waals surface area contributed by atoms with Crippen LogP contribution >= 0.6 is 0 Å².